The van der Waals surface area contributed by atoms with E-state index in [2.05, 4.69) is 4.98 Å². The van der Waals surface area contributed by atoms with Crippen molar-refractivity contribution in [2.24, 2.45) is 0 Å². The Morgan fingerprint density at radius 3 is 2.76 bits per heavy atom. The number of halogens is 1. The third-order valence-corrected chi connectivity index (χ3v) is 2.53. The fourth-order valence-electron chi connectivity index (χ4n) is 1.51. The summed E-state index contributed by atoms with van der Waals surface area (Å²) >= 11 is 6.10. The molecule has 0 saturated heterocycles. The van der Waals surface area contributed by atoms with Crippen LogP contribution in [0.25, 0.3) is 10.9 Å². The molecule has 88 valence electrons. The van der Waals surface area contributed by atoms with Gasteiger partial charge in [0.05, 0.1) is 16.6 Å². The Bertz CT molecular complexity index is 566. The highest BCUT2D eigenvalue weighted by Crippen LogP contribution is 2.23. The van der Waals surface area contributed by atoms with Gasteiger partial charge in [0.2, 0.25) is 0 Å². The van der Waals surface area contributed by atoms with Crippen molar-refractivity contribution in [1.29, 1.82) is 0 Å². The third kappa shape index (κ3) is 2.56. The zero-order valence-electron chi connectivity index (χ0n) is 9.61. The van der Waals surface area contributed by atoms with Gasteiger partial charge in [-0.25, -0.2) is 9.78 Å². The molecule has 0 bridgehead atoms. The molecule has 0 atom stereocenters. The van der Waals surface area contributed by atoms with E-state index in [1.54, 1.807) is 13.8 Å². The Kier molecular flexibility index (Phi) is 3.29. The van der Waals surface area contributed by atoms with Gasteiger partial charge in [0.1, 0.15) is 0 Å². The summed E-state index contributed by atoms with van der Waals surface area (Å²) in [5.74, 6) is -0.451. The molecule has 1 aromatic heterocycles. The maximum Gasteiger partial charge on any atom is 0.357 e. The van der Waals surface area contributed by atoms with E-state index in [0.29, 0.717) is 10.5 Å². The van der Waals surface area contributed by atoms with E-state index in [1.807, 2.05) is 24.3 Å². The lowest BCUT2D eigenvalue weighted by atomic mass is 10.2. The summed E-state index contributed by atoms with van der Waals surface area (Å²) in [6, 6.07) is 8.94. The van der Waals surface area contributed by atoms with E-state index in [4.69, 9.17) is 16.3 Å². The fraction of sp³-hybridized carbons (Fsp3) is 0.231. The second kappa shape index (κ2) is 4.72. The molecule has 0 amide bonds. The molecule has 0 unspecified atom stereocenters. The van der Waals surface area contributed by atoms with Crippen LogP contribution in [0.5, 0.6) is 0 Å². The molecule has 0 aliphatic rings. The average Bonchev–Trinajstić information content (AvgIpc) is 2.28. The summed E-state index contributed by atoms with van der Waals surface area (Å²) in [6.45, 7) is 3.58. The van der Waals surface area contributed by atoms with Crippen molar-refractivity contribution in [2.75, 3.05) is 0 Å². The zero-order valence-corrected chi connectivity index (χ0v) is 10.4. The highest BCUT2D eigenvalue weighted by atomic mass is 35.5. The summed E-state index contributed by atoms with van der Waals surface area (Å²) in [5.41, 5.74) is 0.929. The Hall–Kier alpha value is -1.61. The first-order valence-electron chi connectivity index (χ1n) is 5.34. The van der Waals surface area contributed by atoms with Gasteiger partial charge in [-0.1, -0.05) is 29.8 Å². The number of pyridine rings is 1. The molecule has 0 spiro atoms. The minimum Gasteiger partial charge on any atom is -0.458 e. The van der Waals surface area contributed by atoms with Gasteiger partial charge in [0.25, 0.3) is 0 Å². The number of benzene rings is 1. The maximum atomic E-state index is 11.7. The monoisotopic (exact) mass is 249 g/mol. The highest BCUT2D eigenvalue weighted by Gasteiger charge is 2.13. The molecule has 2 aromatic rings. The van der Waals surface area contributed by atoms with Crippen LogP contribution in [-0.4, -0.2) is 17.1 Å². The standard InChI is InChI=1S/C13H12ClNO2/c1-8(2)17-13(16)12-7-10(14)9-5-3-4-6-11(9)15-12/h3-8H,1-2H3. The van der Waals surface area contributed by atoms with Crippen molar-refractivity contribution in [2.45, 2.75) is 20.0 Å². The van der Waals surface area contributed by atoms with Crippen LogP contribution >= 0.6 is 11.6 Å². The number of rotatable bonds is 2. The molecule has 2 rings (SSSR count). The first kappa shape index (κ1) is 11.9. The number of hydrogen-bond donors (Lipinski definition) is 0. The van der Waals surface area contributed by atoms with Crippen LogP contribution in [0.4, 0.5) is 0 Å². The summed E-state index contributed by atoms with van der Waals surface area (Å²) in [5, 5.41) is 1.33. The molecule has 1 aromatic carbocycles. The number of hydrogen-bond acceptors (Lipinski definition) is 3. The lowest BCUT2D eigenvalue weighted by Gasteiger charge is -2.08. The summed E-state index contributed by atoms with van der Waals surface area (Å²) in [4.78, 5) is 15.9. The first-order valence-corrected chi connectivity index (χ1v) is 5.72. The second-order valence-electron chi connectivity index (χ2n) is 3.96. The smallest absolute Gasteiger partial charge is 0.357 e. The van der Waals surface area contributed by atoms with E-state index in [9.17, 15) is 4.79 Å². The van der Waals surface area contributed by atoms with Crippen LogP contribution in [0.1, 0.15) is 24.3 Å². The van der Waals surface area contributed by atoms with Gasteiger partial charge in [-0.3, -0.25) is 0 Å². The Balaban J connectivity index is 2.46. The van der Waals surface area contributed by atoms with Crippen molar-refractivity contribution in [3.63, 3.8) is 0 Å². The highest BCUT2D eigenvalue weighted by molar-refractivity contribution is 6.35. The van der Waals surface area contributed by atoms with Crippen molar-refractivity contribution < 1.29 is 9.53 Å². The van der Waals surface area contributed by atoms with Gasteiger partial charge in [-0.15, -0.1) is 0 Å². The van der Waals surface area contributed by atoms with Gasteiger partial charge in [0.15, 0.2) is 5.69 Å². The normalized spacial score (nSPS) is 10.8. The number of aromatic nitrogens is 1. The quantitative estimate of drug-likeness (QED) is 0.766. The van der Waals surface area contributed by atoms with Gasteiger partial charge in [-0.05, 0) is 26.0 Å². The van der Waals surface area contributed by atoms with Crippen LogP contribution in [0, 0.1) is 0 Å². The van der Waals surface area contributed by atoms with Crippen LogP contribution in [0.15, 0.2) is 30.3 Å². The van der Waals surface area contributed by atoms with E-state index in [0.717, 1.165) is 5.39 Å². The summed E-state index contributed by atoms with van der Waals surface area (Å²) in [6.07, 6.45) is -0.172. The molecule has 0 aliphatic carbocycles. The lowest BCUT2D eigenvalue weighted by Crippen LogP contribution is -2.13. The zero-order chi connectivity index (χ0) is 12.4. The Labute approximate surface area is 104 Å². The molecule has 0 radical (unpaired) electrons. The largest absolute Gasteiger partial charge is 0.458 e. The van der Waals surface area contributed by atoms with Crippen LogP contribution in [0.2, 0.25) is 5.02 Å². The molecule has 3 nitrogen and oxygen atoms in total. The molecule has 17 heavy (non-hydrogen) atoms. The SMILES string of the molecule is CC(C)OC(=O)c1cc(Cl)c2ccccc2n1. The molecule has 0 N–H and O–H groups in total. The molecule has 0 aliphatic heterocycles. The number of ether oxygens (including phenoxy) is 1. The first-order chi connectivity index (χ1) is 8.08. The number of carbonyl (C=O) groups excluding carboxylic acids is 1. The minimum absolute atomic E-state index is 0.172. The number of fused-ring (bicyclic) bond motifs is 1. The molecular weight excluding hydrogens is 238 g/mol. The van der Waals surface area contributed by atoms with Crippen LogP contribution < -0.4 is 0 Å². The Morgan fingerprint density at radius 2 is 2.06 bits per heavy atom. The predicted octanol–water partition coefficient (Wildman–Crippen LogP) is 3.45. The second-order valence-corrected chi connectivity index (χ2v) is 4.37. The molecule has 0 fully saturated rings. The average molecular weight is 250 g/mol. The van der Waals surface area contributed by atoms with E-state index >= 15 is 0 Å². The van der Waals surface area contributed by atoms with Crippen molar-refractivity contribution >= 4 is 28.5 Å². The van der Waals surface area contributed by atoms with Crippen molar-refractivity contribution in [3.8, 4) is 0 Å². The van der Waals surface area contributed by atoms with Gasteiger partial charge in [0, 0.05) is 5.39 Å². The van der Waals surface area contributed by atoms with Crippen molar-refractivity contribution in [3.05, 3.63) is 41.0 Å². The minimum atomic E-state index is -0.451. The number of nitrogens with zero attached hydrogens (tertiary/aromatic N) is 1. The molecule has 1 heterocycles. The predicted molar refractivity (Wildman–Crippen MR) is 67.3 cm³/mol. The summed E-state index contributed by atoms with van der Waals surface area (Å²) < 4.78 is 5.08. The molecule has 4 heteroatoms. The number of carbonyl (C=O) groups is 1. The van der Waals surface area contributed by atoms with Gasteiger partial charge in [-0.2, -0.15) is 0 Å². The number of para-hydroxylation sites is 1. The lowest BCUT2D eigenvalue weighted by molar-refractivity contribution is 0.0371. The third-order valence-electron chi connectivity index (χ3n) is 2.22. The van der Waals surface area contributed by atoms with E-state index in [1.165, 1.54) is 6.07 Å². The van der Waals surface area contributed by atoms with Gasteiger partial charge < -0.3 is 4.74 Å². The number of esters is 1. The summed E-state index contributed by atoms with van der Waals surface area (Å²) in [7, 11) is 0. The van der Waals surface area contributed by atoms with Crippen LogP contribution in [0.3, 0.4) is 0 Å². The fourth-order valence-corrected chi connectivity index (χ4v) is 1.78. The van der Waals surface area contributed by atoms with E-state index < -0.39 is 5.97 Å². The molecule has 0 saturated carbocycles. The Morgan fingerprint density at radius 1 is 1.35 bits per heavy atom. The topological polar surface area (TPSA) is 39.2 Å². The van der Waals surface area contributed by atoms with Crippen LogP contribution in [-0.2, 0) is 4.74 Å². The van der Waals surface area contributed by atoms with Crippen molar-refractivity contribution in [1.82, 2.24) is 4.98 Å². The van der Waals surface area contributed by atoms with E-state index in [-0.39, 0.29) is 11.8 Å². The molecular formula is C13H12ClNO2. The maximum absolute atomic E-state index is 11.7. The van der Waals surface area contributed by atoms with Gasteiger partial charge >= 0.3 is 5.97 Å².